The van der Waals surface area contributed by atoms with Crippen LogP contribution < -0.4 is 23.7 Å². The number of rotatable bonds is 10. The van der Waals surface area contributed by atoms with Crippen LogP contribution in [-0.2, 0) is 6.61 Å². The third kappa shape index (κ3) is 5.91. The van der Waals surface area contributed by atoms with Crippen LogP contribution in [0.4, 0.5) is 8.78 Å². The molecule has 3 aromatic rings. The van der Waals surface area contributed by atoms with Gasteiger partial charge in [-0.1, -0.05) is 48.6 Å². The van der Waals surface area contributed by atoms with E-state index in [2.05, 4.69) is 4.74 Å². The van der Waals surface area contributed by atoms with Gasteiger partial charge in [0.15, 0.2) is 23.0 Å². The molecule has 7 heteroatoms. The molecule has 0 unspecified atom stereocenters. The Morgan fingerprint density at radius 3 is 1.94 bits per heavy atom. The first-order valence-electron chi connectivity index (χ1n) is 9.77. The summed E-state index contributed by atoms with van der Waals surface area (Å²) in [5.74, 6) is 1.75. The second-order valence-corrected chi connectivity index (χ2v) is 6.65. The summed E-state index contributed by atoms with van der Waals surface area (Å²) >= 11 is 0. The Bertz CT molecular complexity index is 1030. The van der Waals surface area contributed by atoms with Crippen molar-refractivity contribution in [2.45, 2.75) is 13.2 Å². The molecule has 3 rings (SSSR count). The average Bonchev–Trinajstić information content (AvgIpc) is 2.82. The Morgan fingerprint density at radius 1 is 0.719 bits per heavy atom. The lowest BCUT2D eigenvalue weighted by atomic mass is 10.1. The SMILES string of the molecule is COc1cc(/C=C/c2ccc(OC(F)F)c(OCc3ccccc3)c2)cc(OC)c1OC. The lowest BCUT2D eigenvalue weighted by Crippen LogP contribution is -2.05. The monoisotopic (exact) mass is 442 g/mol. The molecule has 0 aromatic heterocycles. The maximum atomic E-state index is 12.8. The number of ether oxygens (including phenoxy) is 5. The summed E-state index contributed by atoms with van der Waals surface area (Å²) in [5.41, 5.74) is 2.46. The van der Waals surface area contributed by atoms with E-state index in [0.717, 1.165) is 16.7 Å². The van der Waals surface area contributed by atoms with Gasteiger partial charge in [-0.05, 0) is 41.0 Å². The fourth-order valence-corrected chi connectivity index (χ4v) is 3.06. The number of hydrogen-bond donors (Lipinski definition) is 0. The maximum Gasteiger partial charge on any atom is 0.387 e. The highest BCUT2D eigenvalue weighted by atomic mass is 19.3. The predicted octanol–water partition coefficient (Wildman–Crippen LogP) is 6.06. The molecule has 0 atom stereocenters. The lowest BCUT2D eigenvalue weighted by molar-refractivity contribution is -0.0516. The smallest absolute Gasteiger partial charge is 0.387 e. The van der Waals surface area contributed by atoms with Crippen molar-refractivity contribution in [1.29, 1.82) is 0 Å². The summed E-state index contributed by atoms with van der Waals surface area (Å²) in [6, 6.07) is 17.8. The van der Waals surface area contributed by atoms with E-state index in [1.54, 1.807) is 38.5 Å². The van der Waals surface area contributed by atoms with E-state index >= 15 is 0 Å². The number of methoxy groups -OCH3 is 3. The van der Waals surface area contributed by atoms with E-state index < -0.39 is 6.61 Å². The molecule has 168 valence electrons. The van der Waals surface area contributed by atoms with Gasteiger partial charge in [-0.15, -0.1) is 0 Å². The minimum Gasteiger partial charge on any atom is -0.493 e. The first-order valence-corrected chi connectivity index (χ1v) is 9.77. The summed E-state index contributed by atoms with van der Waals surface area (Å²) < 4.78 is 52.1. The topological polar surface area (TPSA) is 46.2 Å². The molecule has 0 aliphatic rings. The molecule has 0 fully saturated rings. The van der Waals surface area contributed by atoms with Crippen LogP contribution >= 0.6 is 0 Å². The van der Waals surface area contributed by atoms with E-state index in [1.807, 2.05) is 42.5 Å². The van der Waals surface area contributed by atoms with Crippen LogP contribution in [0.5, 0.6) is 28.7 Å². The highest BCUT2D eigenvalue weighted by molar-refractivity contribution is 5.73. The number of hydrogen-bond acceptors (Lipinski definition) is 5. The standard InChI is InChI=1S/C25H24F2O5/c1-28-22-14-19(15-23(29-2)24(22)30-3)10-9-17-11-12-20(32-25(26)27)21(13-17)31-16-18-7-5-4-6-8-18/h4-15,25H,16H2,1-3H3/b10-9+. The molecule has 0 saturated carbocycles. The van der Waals surface area contributed by atoms with Gasteiger partial charge in [0.05, 0.1) is 21.3 Å². The normalized spacial score (nSPS) is 10.9. The fraction of sp³-hybridized carbons (Fsp3) is 0.200. The van der Waals surface area contributed by atoms with Gasteiger partial charge in [0, 0.05) is 0 Å². The van der Waals surface area contributed by atoms with Gasteiger partial charge in [-0.25, -0.2) is 0 Å². The van der Waals surface area contributed by atoms with Crippen molar-refractivity contribution in [3.8, 4) is 28.7 Å². The number of alkyl halides is 2. The molecule has 0 spiro atoms. The molecular weight excluding hydrogens is 418 g/mol. The second-order valence-electron chi connectivity index (χ2n) is 6.65. The molecule has 0 amide bonds. The molecule has 0 aliphatic heterocycles. The Balaban J connectivity index is 1.86. The van der Waals surface area contributed by atoms with Gasteiger partial charge in [0.1, 0.15) is 6.61 Å². The van der Waals surface area contributed by atoms with Crippen molar-refractivity contribution in [3.05, 3.63) is 77.4 Å². The van der Waals surface area contributed by atoms with Crippen molar-refractivity contribution >= 4 is 12.2 Å². The van der Waals surface area contributed by atoms with Crippen LogP contribution in [-0.4, -0.2) is 27.9 Å². The van der Waals surface area contributed by atoms with Crippen LogP contribution in [0.1, 0.15) is 16.7 Å². The van der Waals surface area contributed by atoms with Gasteiger partial charge >= 0.3 is 6.61 Å². The Kier molecular flexibility index (Phi) is 7.91. The van der Waals surface area contributed by atoms with Gasteiger partial charge in [0.25, 0.3) is 0 Å². The van der Waals surface area contributed by atoms with Crippen LogP contribution in [0.2, 0.25) is 0 Å². The molecule has 0 bridgehead atoms. The molecule has 0 N–H and O–H groups in total. The second kappa shape index (κ2) is 11.0. The Labute approximate surface area is 185 Å². The third-order valence-electron chi connectivity index (χ3n) is 4.58. The predicted molar refractivity (Wildman–Crippen MR) is 119 cm³/mol. The lowest BCUT2D eigenvalue weighted by Gasteiger charge is -2.13. The van der Waals surface area contributed by atoms with Crippen molar-refractivity contribution in [2.24, 2.45) is 0 Å². The molecule has 32 heavy (non-hydrogen) atoms. The van der Waals surface area contributed by atoms with Gasteiger partial charge in [0.2, 0.25) is 5.75 Å². The molecule has 3 aromatic carbocycles. The molecule has 0 saturated heterocycles. The zero-order valence-electron chi connectivity index (χ0n) is 18.0. The zero-order chi connectivity index (χ0) is 22.9. The summed E-state index contributed by atoms with van der Waals surface area (Å²) in [7, 11) is 4.63. The molecule has 0 heterocycles. The summed E-state index contributed by atoms with van der Waals surface area (Å²) in [6.45, 7) is -2.73. The van der Waals surface area contributed by atoms with Gasteiger partial charge < -0.3 is 23.7 Å². The maximum absolute atomic E-state index is 12.8. The van der Waals surface area contributed by atoms with Crippen molar-refractivity contribution < 1.29 is 32.5 Å². The van der Waals surface area contributed by atoms with Crippen LogP contribution in [0.25, 0.3) is 12.2 Å². The van der Waals surface area contributed by atoms with Crippen molar-refractivity contribution in [1.82, 2.24) is 0 Å². The zero-order valence-corrected chi connectivity index (χ0v) is 18.0. The minimum absolute atomic E-state index is 0.0270. The van der Waals surface area contributed by atoms with Gasteiger partial charge in [-0.3, -0.25) is 0 Å². The van der Waals surface area contributed by atoms with Gasteiger partial charge in [-0.2, -0.15) is 8.78 Å². The quantitative estimate of drug-likeness (QED) is 0.357. The highest BCUT2D eigenvalue weighted by Crippen LogP contribution is 2.39. The molecule has 5 nitrogen and oxygen atoms in total. The first-order chi connectivity index (χ1) is 15.5. The third-order valence-corrected chi connectivity index (χ3v) is 4.58. The van der Waals surface area contributed by atoms with E-state index in [-0.39, 0.29) is 18.1 Å². The van der Waals surface area contributed by atoms with E-state index in [1.165, 1.54) is 13.2 Å². The first kappa shape index (κ1) is 22.9. The Hall–Kier alpha value is -3.74. The summed E-state index contributed by atoms with van der Waals surface area (Å²) in [6.07, 6.45) is 3.66. The Morgan fingerprint density at radius 2 is 1.34 bits per heavy atom. The van der Waals surface area contributed by atoms with Crippen LogP contribution in [0, 0.1) is 0 Å². The largest absolute Gasteiger partial charge is 0.493 e. The fourth-order valence-electron chi connectivity index (χ4n) is 3.06. The van der Waals surface area contributed by atoms with E-state index in [9.17, 15) is 8.78 Å². The van der Waals surface area contributed by atoms with Crippen molar-refractivity contribution in [3.63, 3.8) is 0 Å². The molecular formula is C25H24F2O5. The highest BCUT2D eigenvalue weighted by Gasteiger charge is 2.13. The van der Waals surface area contributed by atoms with Crippen LogP contribution in [0.15, 0.2) is 60.7 Å². The number of halogens is 2. The summed E-state index contributed by atoms with van der Waals surface area (Å²) in [5, 5.41) is 0. The van der Waals surface area contributed by atoms with E-state index in [0.29, 0.717) is 17.2 Å². The van der Waals surface area contributed by atoms with Crippen LogP contribution in [0.3, 0.4) is 0 Å². The molecule has 0 radical (unpaired) electrons. The average molecular weight is 442 g/mol. The minimum atomic E-state index is -2.95. The summed E-state index contributed by atoms with van der Waals surface area (Å²) in [4.78, 5) is 0. The number of benzene rings is 3. The molecule has 0 aliphatic carbocycles. The van der Waals surface area contributed by atoms with E-state index in [4.69, 9.17) is 18.9 Å². The van der Waals surface area contributed by atoms with Crippen molar-refractivity contribution in [2.75, 3.05) is 21.3 Å².